The normalized spacial score (nSPS) is 14.3. The summed E-state index contributed by atoms with van der Waals surface area (Å²) in [5.41, 5.74) is 4.33. The molecule has 0 aliphatic carbocycles. The number of ether oxygens (including phenoxy) is 1. The van der Waals surface area contributed by atoms with E-state index in [9.17, 15) is 4.79 Å². The molecular weight excluding hydrogens is 314 g/mol. The molecule has 0 fully saturated rings. The van der Waals surface area contributed by atoms with Crippen LogP contribution in [0.2, 0.25) is 0 Å². The molecule has 134 valence electrons. The van der Waals surface area contributed by atoms with E-state index in [1.54, 1.807) is 4.90 Å². The first-order chi connectivity index (χ1) is 11.8. The molecule has 1 aromatic heterocycles. The molecule has 25 heavy (non-hydrogen) atoms. The van der Waals surface area contributed by atoms with Crippen molar-refractivity contribution in [2.45, 2.75) is 59.2 Å². The lowest BCUT2D eigenvalue weighted by molar-refractivity contribution is 0.0218. The molecule has 5 nitrogen and oxygen atoms in total. The van der Waals surface area contributed by atoms with Crippen molar-refractivity contribution in [1.29, 1.82) is 0 Å². The lowest BCUT2D eigenvalue weighted by Gasteiger charge is -2.30. The number of benzene rings is 1. The SMILES string of the molecule is Cc1nn(CCc2ccccc2)c2c1CCN(C(=O)OC(C)(C)C)C2. The maximum atomic E-state index is 12.4. The average molecular weight is 341 g/mol. The summed E-state index contributed by atoms with van der Waals surface area (Å²) in [5, 5.41) is 4.71. The minimum Gasteiger partial charge on any atom is -0.444 e. The van der Waals surface area contributed by atoms with Crippen LogP contribution in [-0.4, -0.2) is 32.9 Å². The number of fused-ring (bicyclic) bond motifs is 1. The predicted octanol–water partition coefficient (Wildman–Crippen LogP) is 3.73. The Labute approximate surface area is 149 Å². The van der Waals surface area contributed by atoms with E-state index in [2.05, 4.69) is 35.9 Å². The van der Waals surface area contributed by atoms with Crippen LogP contribution in [0.4, 0.5) is 4.79 Å². The summed E-state index contributed by atoms with van der Waals surface area (Å²) in [4.78, 5) is 14.2. The highest BCUT2D eigenvalue weighted by Gasteiger charge is 2.29. The molecule has 0 bridgehead atoms. The van der Waals surface area contributed by atoms with Gasteiger partial charge < -0.3 is 9.64 Å². The highest BCUT2D eigenvalue weighted by Crippen LogP contribution is 2.24. The highest BCUT2D eigenvalue weighted by atomic mass is 16.6. The Balaban J connectivity index is 1.73. The Bertz CT molecular complexity index is 744. The van der Waals surface area contributed by atoms with E-state index in [-0.39, 0.29) is 6.09 Å². The summed E-state index contributed by atoms with van der Waals surface area (Å²) in [5.74, 6) is 0. The molecule has 0 unspecified atom stereocenters. The third-order valence-electron chi connectivity index (χ3n) is 4.45. The van der Waals surface area contributed by atoms with Gasteiger partial charge in [0, 0.05) is 13.1 Å². The maximum Gasteiger partial charge on any atom is 0.410 e. The zero-order valence-corrected chi connectivity index (χ0v) is 15.6. The largest absolute Gasteiger partial charge is 0.444 e. The van der Waals surface area contributed by atoms with Gasteiger partial charge in [-0.1, -0.05) is 30.3 Å². The van der Waals surface area contributed by atoms with E-state index < -0.39 is 5.60 Å². The van der Waals surface area contributed by atoms with Crippen LogP contribution in [0.25, 0.3) is 0 Å². The summed E-state index contributed by atoms with van der Waals surface area (Å²) in [6.07, 6.45) is 1.53. The molecule has 2 heterocycles. The minimum atomic E-state index is -0.471. The number of aryl methyl sites for hydroxylation is 3. The van der Waals surface area contributed by atoms with Gasteiger partial charge in [0.1, 0.15) is 5.60 Å². The van der Waals surface area contributed by atoms with Crippen molar-refractivity contribution in [2.24, 2.45) is 0 Å². The van der Waals surface area contributed by atoms with Gasteiger partial charge in [-0.3, -0.25) is 4.68 Å². The van der Waals surface area contributed by atoms with Gasteiger partial charge in [-0.25, -0.2) is 4.79 Å². The van der Waals surface area contributed by atoms with Gasteiger partial charge in [0.2, 0.25) is 0 Å². The Morgan fingerprint density at radius 2 is 1.96 bits per heavy atom. The summed E-state index contributed by atoms with van der Waals surface area (Å²) in [6.45, 7) is 9.83. The van der Waals surface area contributed by atoms with Gasteiger partial charge in [-0.2, -0.15) is 5.10 Å². The van der Waals surface area contributed by atoms with E-state index in [1.165, 1.54) is 11.1 Å². The molecule has 1 aromatic carbocycles. The number of hydrogen-bond donors (Lipinski definition) is 0. The van der Waals surface area contributed by atoms with Crippen LogP contribution < -0.4 is 0 Å². The van der Waals surface area contributed by atoms with Gasteiger partial charge in [-0.05, 0) is 51.7 Å². The first-order valence-corrected chi connectivity index (χ1v) is 8.90. The summed E-state index contributed by atoms with van der Waals surface area (Å²) < 4.78 is 7.59. The van der Waals surface area contributed by atoms with E-state index in [4.69, 9.17) is 9.84 Å². The maximum absolute atomic E-state index is 12.4. The third-order valence-corrected chi connectivity index (χ3v) is 4.45. The number of carbonyl (C=O) groups excluding carboxylic acids is 1. The average Bonchev–Trinajstić information content (AvgIpc) is 2.88. The van der Waals surface area contributed by atoms with Gasteiger partial charge in [0.05, 0.1) is 17.9 Å². The Morgan fingerprint density at radius 3 is 2.64 bits per heavy atom. The van der Waals surface area contributed by atoms with E-state index in [0.29, 0.717) is 13.1 Å². The third kappa shape index (κ3) is 4.21. The van der Waals surface area contributed by atoms with E-state index >= 15 is 0 Å². The molecule has 1 amide bonds. The molecule has 5 heteroatoms. The Kier molecular flexibility index (Phi) is 4.84. The van der Waals surface area contributed by atoms with Crippen LogP contribution in [0.3, 0.4) is 0 Å². The number of nitrogens with zero attached hydrogens (tertiary/aromatic N) is 3. The van der Waals surface area contributed by atoms with E-state index in [0.717, 1.165) is 30.8 Å². The zero-order valence-electron chi connectivity index (χ0n) is 15.6. The van der Waals surface area contributed by atoms with Gasteiger partial charge >= 0.3 is 6.09 Å². The summed E-state index contributed by atoms with van der Waals surface area (Å²) in [7, 11) is 0. The second-order valence-corrected chi connectivity index (χ2v) is 7.62. The van der Waals surface area contributed by atoms with Crippen LogP contribution in [0.1, 0.15) is 43.3 Å². The van der Waals surface area contributed by atoms with Crippen molar-refractivity contribution < 1.29 is 9.53 Å². The monoisotopic (exact) mass is 341 g/mol. The standard InChI is InChI=1S/C20H27N3O2/c1-15-17-11-12-22(19(24)25-20(2,3)4)14-18(17)23(21-15)13-10-16-8-6-5-7-9-16/h5-9H,10-14H2,1-4H3. The molecule has 0 spiro atoms. The number of amides is 1. The molecule has 0 saturated heterocycles. The smallest absolute Gasteiger partial charge is 0.410 e. The topological polar surface area (TPSA) is 47.4 Å². The van der Waals surface area contributed by atoms with Gasteiger partial charge in [0.15, 0.2) is 0 Å². The van der Waals surface area contributed by atoms with Crippen molar-refractivity contribution in [1.82, 2.24) is 14.7 Å². The Morgan fingerprint density at radius 1 is 1.24 bits per heavy atom. The van der Waals surface area contributed by atoms with Crippen molar-refractivity contribution in [3.63, 3.8) is 0 Å². The predicted molar refractivity (Wildman–Crippen MR) is 97.5 cm³/mol. The fourth-order valence-electron chi connectivity index (χ4n) is 3.22. The first-order valence-electron chi connectivity index (χ1n) is 8.90. The van der Waals surface area contributed by atoms with Crippen LogP contribution in [0, 0.1) is 6.92 Å². The number of hydrogen-bond acceptors (Lipinski definition) is 3. The van der Waals surface area contributed by atoms with Crippen molar-refractivity contribution in [3.05, 3.63) is 52.8 Å². The van der Waals surface area contributed by atoms with Crippen molar-refractivity contribution in [2.75, 3.05) is 6.54 Å². The second-order valence-electron chi connectivity index (χ2n) is 7.62. The molecule has 0 N–H and O–H groups in total. The minimum absolute atomic E-state index is 0.244. The second kappa shape index (κ2) is 6.90. The highest BCUT2D eigenvalue weighted by molar-refractivity contribution is 5.68. The van der Waals surface area contributed by atoms with Crippen LogP contribution in [0.5, 0.6) is 0 Å². The lowest BCUT2D eigenvalue weighted by atomic mass is 10.0. The molecule has 3 rings (SSSR count). The van der Waals surface area contributed by atoms with Crippen LogP contribution in [0.15, 0.2) is 30.3 Å². The zero-order chi connectivity index (χ0) is 18.0. The fraction of sp³-hybridized carbons (Fsp3) is 0.500. The van der Waals surface area contributed by atoms with Crippen LogP contribution >= 0.6 is 0 Å². The molecule has 1 aliphatic rings. The number of aromatic nitrogens is 2. The first kappa shape index (κ1) is 17.5. The molecule has 0 radical (unpaired) electrons. The van der Waals surface area contributed by atoms with Crippen molar-refractivity contribution >= 4 is 6.09 Å². The van der Waals surface area contributed by atoms with E-state index in [1.807, 2.05) is 26.8 Å². The molecule has 0 atom stereocenters. The number of rotatable bonds is 3. The molecule has 1 aliphatic heterocycles. The molecule has 0 saturated carbocycles. The molecule has 2 aromatic rings. The fourth-order valence-corrected chi connectivity index (χ4v) is 3.22. The van der Waals surface area contributed by atoms with Gasteiger partial charge in [0.25, 0.3) is 0 Å². The molecular formula is C20H27N3O2. The summed E-state index contributed by atoms with van der Waals surface area (Å²) in [6, 6.07) is 10.4. The lowest BCUT2D eigenvalue weighted by Crippen LogP contribution is -2.40. The van der Waals surface area contributed by atoms with Crippen molar-refractivity contribution in [3.8, 4) is 0 Å². The summed E-state index contributed by atoms with van der Waals surface area (Å²) >= 11 is 0. The van der Waals surface area contributed by atoms with Gasteiger partial charge in [-0.15, -0.1) is 0 Å². The Hall–Kier alpha value is -2.30. The quantitative estimate of drug-likeness (QED) is 0.855. The van der Waals surface area contributed by atoms with Crippen LogP contribution in [-0.2, 0) is 30.7 Å². The number of carbonyl (C=O) groups is 1.